The van der Waals surface area contributed by atoms with Crippen LogP contribution in [-0.2, 0) is 16.1 Å². The number of nitrogens with zero attached hydrogens (tertiary/aromatic N) is 2. The summed E-state index contributed by atoms with van der Waals surface area (Å²) < 4.78 is 12.9. The van der Waals surface area contributed by atoms with E-state index in [4.69, 9.17) is 0 Å². The normalized spacial score (nSPS) is 28.6. The van der Waals surface area contributed by atoms with Crippen molar-refractivity contribution in [2.75, 3.05) is 26.2 Å². The van der Waals surface area contributed by atoms with Gasteiger partial charge in [-0.1, -0.05) is 12.1 Å². The van der Waals surface area contributed by atoms with Gasteiger partial charge in [-0.05, 0) is 48.8 Å². The quantitative estimate of drug-likeness (QED) is 0.892. The third-order valence-corrected chi connectivity index (χ3v) is 6.03. The van der Waals surface area contributed by atoms with Crippen LogP contribution in [0, 0.1) is 17.7 Å². The van der Waals surface area contributed by atoms with Gasteiger partial charge in [0.05, 0.1) is 6.54 Å². The summed E-state index contributed by atoms with van der Waals surface area (Å²) in [4.78, 5) is 28.9. The van der Waals surface area contributed by atoms with Gasteiger partial charge in [0.1, 0.15) is 5.82 Å². The topological polar surface area (TPSA) is 52.7 Å². The van der Waals surface area contributed by atoms with E-state index in [-0.39, 0.29) is 11.7 Å². The van der Waals surface area contributed by atoms with E-state index < -0.39 is 0 Å². The number of nitrogens with one attached hydrogen (secondary N) is 1. The molecule has 3 saturated heterocycles. The van der Waals surface area contributed by atoms with Gasteiger partial charge in [-0.25, -0.2) is 4.39 Å². The van der Waals surface area contributed by atoms with Gasteiger partial charge in [0.25, 0.3) is 0 Å². The fourth-order valence-corrected chi connectivity index (χ4v) is 4.90. The van der Waals surface area contributed by atoms with Crippen LogP contribution in [0.4, 0.5) is 4.39 Å². The smallest absolute Gasteiger partial charge is 0.234 e. The van der Waals surface area contributed by atoms with Gasteiger partial charge in [0, 0.05) is 38.6 Å². The lowest BCUT2D eigenvalue weighted by molar-refractivity contribution is -0.145. The SMILES string of the molecule is O=C(CN1CC2CC(C1)[C@H]1CCCC(=O)N1C2)NCc1ccc(F)cc1. The van der Waals surface area contributed by atoms with E-state index >= 15 is 0 Å². The zero-order valence-corrected chi connectivity index (χ0v) is 15.0. The zero-order chi connectivity index (χ0) is 18.1. The number of piperidine rings is 3. The number of halogens is 1. The number of rotatable bonds is 4. The van der Waals surface area contributed by atoms with E-state index in [0.29, 0.717) is 43.3 Å². The maximum atomic E-state index is 12.9. The van der Waals surface area contributed by atoms with Gasteiger partial charge >= 0.3 is 0 Å². The highest BCUT2D eigenvalue weighted by Gasteiger charge is 2.43. The number of likely N-dealkylation sites (tertiary alicyclic amines) is 1. The number of hydrogen-bond acceptors (Lipinski definition) is 3. The van der Waals surface area contributed by atoms with Gasteiger partial charge in [0.15, 0.2) is 0 Å². The first kappa shape index (κ1) is 17.5. The van der Waals surface area contributed by atoms with Gasteiger partial charge < -0.3 is 10.2 Å². The molecule has 1 aromatic rings. The van der Waals surface area contributed by atoms with Crippen LogP contribution in [0.2, 0.25) is 0 Å². The maximum absolute atomic E-state index is 12.9. The summed E-state index contributed by atoms with van der Waals surface area (Å²) in [6.45, 7) is 3.46. The van der Waals surface area contributed by atoms with Crippen molar-refractivity contribution >= 4 is 11.8 Å². The summed E-state index contributed by atoms with van der Waals surface area (Å²) in [5.74, 6) is 1.04. The van der Waals surface area contributed by atoms with Gasteiger partial charge in [0.2, 0.25) is 11.8 Å². The summed E-state index contributed by atoms with van der Waals surface area (Å²) >= 11 is 0. The molecule has 140 valence electrons. The minimum Gasteiger partial charge on any atom is -0.351 e. The molecule has 1 N–H and O–H groups in total. The average Bonchev–Trinajstić information content (AvgIpc) is 2.62. The van der Waals surface area contributed by atoms with Crippen molar-refractivity contribution in [1.82, 2.24) is 15.1 Å². The minimum atomic E-state index is -0.268. The number of fused-ring (bicyclic) bond motifs is 4. The number of amides is 2. The summed E-state index contributed by atoms with van der Waals surface area (Å²) in [6, 6.07) is 6.57. The molecule has 3 aliphatic heterocycles. The van der Waals surface area contributed by atoms with E-state index in [9.17, 15) is 14.0 Å². The molecule has 26 heavy (non-hydrogen) atoms. The van der Waals surface area contributed by atoms with E-state index in [0.717, 1.165) is 38.0 Å². The van der Waals surface area contributed by atoms with Crippen LogP contribution in [0.25, 0.3) is 0 Å². The number of benzene rings is 1. The standard InChI is InChI=1S/C20H26FN3O2/c21-17-6-4-14(5-7-17)9-22-19(25)13-23-10-15-8-16(12-23)18-2-1-3-20(26)24(18)11-15/h4-7,15-16,18H,1-3,8-13H2,(H,22,25)/t15?,16?,18-/m1/s1. The van der Waals surface area contributed by atoms with E-state index in [1.807, 2.05) is 0 Å². The number of hydrogen-bond donors (Lipinski definition) is 1. The largest absolute Gasteiger partial charge is 0.351 e. The predicted molar refractivity (Wildman–Crippen MR) is 95.6 cm³/mol. The summed E-state index contributed by atoms with van der Waals surface area (Å²) in [7, 11) is 0. The molecule has 0 aliphatic carbocycles. The second-order valence-corrected chi connectivity index (χ2v) is 7.96. The molecule has 5 nitrogen and oxygen atoms in total. The molecule has 6 heteroatoms. The zero-order valence-electron chi connectivity index (χ0n) is 15.0. The molecule has 4 rings (SSSR count). The van der Waals surface area contributed by atoms with Crippen LogP contribution in [0.3, 0.4) is 0 Å². The van der Waals surface area contributed by atoms with Crippen LogP contribution in [0.15, 0.2) is 24.3 Å². The predicted octanol–water partition coefficient (Wildman–Crippen LogP) is 1.77. The number of carbonyl (C=O) groups excluding carboxylic acids is 2. The summed E-state index contributed by atoms with van der Waals surface area (Å²) in [5, 5.41) is 2.93. The third kappa shape index (κ3) is 3.75. The van der Waals surface area contributed by atoms with Crippen LogP contribution in [0.5, 0.6) is 0 Å². The fraction of sp³-hybridized carbons (Fsp3) is 0.600. The number of carbonyl (C=O) groups is 2. The van der Waals surface area contributed by atoms with Gasteiger partial charge in [-0.3, -0.25) is 14.5 Å². The molecule has 3 atom stereocenters. The lowest BCUT2D eigenvalue weighted by Crippen LogP contribution is -2.61. The van der Waals surface area contributed by atoms with Gasteiger partial charge in [-0.15, -0.1) is 0 Å². The van der Waals surface area contributed by atoms with E-state index in [1.165, 1.54) is 18.6 Å². The first-order chi connectivity index (χ1) is 12.6. The van der Waals surface area contributed by atoms with Crippen LogP contribution < -0.4 is 5.32 Å². The molecule has 0 aromatic heterocycles. The summed E-state index contributed by atoms with van der Waals surface area (Å²) in [5.41, 5.74) is 0.895. The van der Waals surface area contributed by atoms with Crippen molar-refractivity contribution in [3.63, 3.8) is 0 Å². The average molecular weight is 359 g/mol. The second kappa shape index (κ2) is 7.35. The Kier molecular flexibility index (Phi) is 4.94. The van der Waals surface area contributed by atoms with Crippen LogP contribution >= 0.6 is 0 Å². The molecule has 0 spiro atoms. The lowest BCUT2D eigenvalue weighted by Gasteiger charge is -2.52. The van der Waals surface area contributed by atoms with E-state index in [2.05, 4.69) is 15.1 Å². The van der Waals surface area contributed by atoms with Crippen molar-refractivity contribution in [3.8, 4) is 0 Å². The third-order valence-electron chi connectivity index (χ3n) is 6.03. The molecular formula is C20H26FN3O2. The Morgan fingerprint density at radius 2 is 2.00 bits per heavy atom. The highest BCUT2D eigenvalue weighted by molar-refractivity contribution is 5.78. The monoisotopic (exact) mass is 359 g/mol. The van der Waals surface area contributed by atoms with Crippen LogP contribution in [-0.4, -0.2) is 53.8 Å². The fourth-order valence-electron chi connectivity index (χ4n) is 4.90. The minimum absolute atomic E-state index is 0.00544. The molecule has 2 bridgehead atoms. The first-order valence-electron chi connectivity index (χ1n) is 9.61. The highest BCUT2D eigenvalue weighted by atomic mass is 19.1. The van der Waals surface area contributed by atoms with Crippen LogP contribution in [0.1, 0.15) is 31.2 Å². The lowest BCUT2D eigenvalue weighted by atomic mass is 9.76. The molecule has 2 unspecified atom stereocenters. The molecule has 3 fully saturated rings. The molecule has 3 aliphatic rings. The Morgan fingerprint density at radius 3 is 2.81 bits per heavy atom. The Morgan fingerprint density at radius 1 is 1.19 bits per heavy atom. The molecule has 2 amide bonds. The first-order valence-corrected chi connectivity index (χ1v) is 9.61. The second-order valence-electron chi connectivity index (χ2n) is 7.96. The Bertz CT molecular complexity index is 678. The molecule has 1 aromatic carbocycles. The summed E-state index contributed by atoms with van der Waals surface area (Å²) in [6.07, 6.45) is 3.99. The van der Waals surface area contributed by atoms with Crippen molar-refractivity contribution in [2.24, 2.45) is 11.8 Å². The van der Waals surface area contributed by atoms with Crippen molar-refractivity contribution in [1.29, 1.82) is 0 Å². The molecule has 0 saturated carbocycles. The van der Waals surface area contributed by atoms with Crippen molar-refractivity contribution in [2.45, 2.75) is 38.3 Å². The van der Waals surface area contributed by atoms with E-state index in [1.54, 1.807) is 12.1 Å². The van der Waals surface area contributed by atoms with Crippen molar-refractivity contribution < 1.29 is 14.0 Å². The maximum Gasteiger partial charge on any atom is 0.234 e. The Balaban J connectivity index is 1.30. The molecule has 0 radical (unpaired) electrons. The van der Waals surface area contributed by atoms with Crippen molar-refractivity contribution in [3.05, 3.63) is 35.6 Å². The molecule has 3 heterocycles. The molecular weight excluding hydrogens is 333 g/mol. The Labute approximate surface area is 153 Å². The Hall–Kier alpha value is -1.95. The highest BCUT2D eigenvalue weighted by Crippen LogP contribution is 2.37. The van der Waals surface area contributed by atoms with Gasteiger partial charge in [-0.2, -0.15) is 0 Å².